The molecule has 2 aromatic carbocycles. The van der Waals surface area contributed by atoms with E-state index in [4.69, 9.17) is 0 Å². The molecule has 0 unspecified atom stereocenters. The second kappa shape index (κ2) is 8.31. The fraction of sp³-hybridized carbons (Fsp3) is 0.174. The summed E-state index contributed by atoms with van der Waals surface area (Å²) in [6, 6.07) is 13.1. The standard InChI is InChI=1S/C23H18BrF2N5O/c24-17-6-2-1-4-14(17)13-30-21(10-11-27-30)28-23(32)22-16-5-3-7-20(16)31(29-22)15-8-9-18(25)19(26)12-15/h1-2,4,6,8-12H,3,5,7,13H2,(H,28,32). The van der Waals surface area contributed by atoms with E-state index < -0.39 is 11.6 Å². The van der Waals surface area contributed by atoms with Crippen LogP contribution in [0, 0.1) is 11.6 Å². The third-order valence-electron chi connectivity index (χ3n) is 5.53. The van der Waals surface area contributed by atoms with Crippen LogP contribution in [0.15, 0.2) is 59.2 Å². The predicted molar refractivity (Wildman–Crippen MR) is 119 cm³/mol. The molecule has 0 spiro atoms. The summed E-state index contributed by atoms with van der Waals surface area (Å²) in [5.74, 6) is -1.70. The first kappa shape index (κ1) is 20.6. The smallest absolute Gasteiger partial charge is 0.277 e. The van der Waals surface area contributed by atoms with E-state index >= 15 is 0 Å². The Labute approximate surface area is 191 Å². The number of hydrogen-bond donors (Lipinski definition) is 1. The number of hydrogen-bond acceptors (Lipinski definition) is 3. The first-order valence-electron chi connectivity index (χ1n) is 10.1. The number of halogens is 3. The van der Waals surface area contributed by atoms with Crippen molar-refractivity contribution in [2.75, 3.05) is 5.32 Å². The Morgan fingerprint density at radius 2 is 1.94 bits per heavy atom. The number of rotatable bonds is 5. The largest absolute Gasteiger partial charge is 0.305 e. The van der Waals surface area contributed by atoms with E-state index in [0.717, 1.165) is 39.8 Å². The predicted octanol–water partition coefficient (Wildman–Crippen LogP) is 4.90. The molecule has 1 amide bonds. The molecule has 1 aliphatic rings. The Kier molecular flexibility index (Phi) is 5.34. The normalized spacial score (nSPS) is 12.7. The van der Waals surface area contributed by atoms with E-state index in [1.165, 1.54) is 10.7 Å². The molecule has 2 heterocycles. The van der Waals surface area contributed by atoms with Gasteiger partial charge in [-0.15, -0.1) is 0 Å². The van der Waals surface area contributed by atoms with Gasteiger partial charge in [0.25, 0.3) is 5.91 Å². The summed E-state index contributed by atoms with van der Waals surface area (Å²) >= 11 is 3.53. The Bertz CT molecular complexity index is 1330. The maximum Gasteiger partial charge on any atom is 0.277 e. The van der Waals surface area contributed by atoms with Crippen LogP contribution in [0.4, 0.5) is 14.6 Å². The molecule has 0 aliphatic heterocycles. The summed E-state index contributed by atoms with van der Waals surface area (Å²) in [6.45, 7) is 0.478. The summed E-state index contributed by atoms with van der Waals surface area (Å²) in [7, 11) is 0. The number of anilines is 1. The van der Waals surface area contributed by atoms with E-state index in [1.54, 1.807) is 16.9 Å². The summed E-state index contributed by atoms with van der Waals surface area (Å²) in [6.07, 6.45) is 3.92. The zero-order chi connectivity index (χ0) is 22.2. The van der Waals surface area contributed by atoms with Crippen molar-refractivity contribution in [1.82, 2.24) is 19.6 Å². The van der Waals surface area contributed by atoms with E-state index in [-0.39, 0.29) is 11.6 Å². The van der Waals surface area contributed by atoms with Crippen LogP contribution in [-0.4, -0.2) is 25.5 Å². The molecule has 0 bridgehead atoms. The lowest BCUT2D eigenvalue weighted by molar-refractivity contribution is 0.102. The molecule has 0 fully saturated rings. The van der Waals surface area contributed by atoms with Crippen LogP contribution >= 0.6 is 15.9 Å². The summed E-state index contributed by atoms with van der Waals surface area (Å²) in [5, 5.41) is 11.7. The van der Waals surface area contributed by atoms with Crippen molar-refractivity contribution in [3.63, 3.8) is 0 Å². The van der Waals surface area contributed by atoms with Crippen LogP contribution in [-0.2, 0) is 19.4 Å². The van der Waals surface area contributed by atoms with Gasteiger partial charge in [0.15, 0.2) is 17.3 Å². The van der Waals surface area contributed by atoms with Gasteiger partial charge >= 0.3 is 0 Å². The second-order valence-corrected chi connectivity index (χ2v) is 8.41. The first-order chi connectivity index (χ1) is 15.5. The van der Waals surface area contributed by atoms with Crippen molar-refractivity contribution >= 4 is 27.7 Å². The highest BCUT2D eigenvalue weighted by molar-refractivity contribution is 9.10. The van der Waals surface area contributed by atoms with E-state index in [0.29, 0.717) is 30.9 Å². The lowest BCUT2D eigenvalue weighted by atomic mass is 10.2. The second-order valence-electron chi connectivity index (χ2n) is 7.56. The van der Waals surface area contributed by atoms with Crippen molar-refractivity contribution in [3.05, 3.63) is 93.3 Å². The average Bonchev–Trinajstić information content (AvgIpc) is 3.49. The van der Waals surface area contributed by atoms with Gasteiger partial charge in [-0.2, -0.15) is 10.2 Å². The Morgan fingerprint density at radius 3 is 2.75 bits per heavy atom. The number of aromatic nitrogens is 4. The molecule has 0 atom stereocenters. The molecular formula is C23H18BrF2N5O. The molecule has 0 saturated heterocycles. The Morgan fingerprint density at radius 1 is 1.09 bits per heavy atom. The van der Waals surface area contributed by atoms with Gasteiger partial charge in [0.1, 0.15) is 5.82 Å². The lowest BCUT2D eigenvalue weighted by Crippen LogP contribution is -2.18. The highest BCUT2D eigenvalue weighted by Crippen LogP contribution is 2.29. The van der Waals surface area contributed by atoms with Gasteiger partial charge < -0.3 is 5.32 Å². The van der Waals surface area contributed by atoms with Crippen molar-refractivity contribution in [3.8, 4) is 5.69 Å². The van der Waals surface area contributed by atoms with Crippen LogP contribution in [0.1, 0.15) is 33.7 Å². The third-order valence-corrected chi connectivity index (χ3v) is 6.30. The van der Waals surface area contributed by atoms with Crippen molar-refractivity contribution < 1.29 is 13.6 Å². The number of carbonyl (C=O) groups excluding carboxylic acids is 1. The summed E-state index contributed by atoms with van der Waals surface area (Å²) in [4.78, 5) is 13.1. The molecular weight excluding hydrogens is 480 g/mol. The summed E-state index contributed by atoms with van der Waals surface area (Å²) in [5.41, 5.74) is 3.39. The topological polar surface area (TPSA) is 64.7 Å². The summed E-state index contributed by atoms with van der Waals surface area (Å²) < 4.78 is 31.3. The van der Waals surface area contributed by atoms with Crippen LogP contribution < -0.4 is 5.32 Å². The molecule has 2 aromatic heterocycles. The number of carbonyl (C=O) groups is 1. The van der Waals surface area contributed by atoms with Crippen LogP contribution in [0.5, 0.6) is 0 Å². The van der Waals surface area contributed by atoms with Gasteiger partial charge in [0.05, 0.1) is 18.4 Å². The molecule has 162 valence electrons. The molecule has 9 heteroatoms. The Hall–Kier alpha value is -3.33. The lowest BCUT2D eigenvalue weighted by Gasteiger charge is -2.10. The van der Waals surface area contributed by atoms with Crippen LogP contribution in [0.25, 0.3) is 5.69 Å². The fourth-order valence-electron chi connectivity index (χ4n) is 3.98. The zero-order valence-corrected chi connectivity index (χ0v) is 18.4. The highest BCUT2D eigenvalue weighted by Gasteiger charge is 2.27. The monoisotopic (exact) mass is 497 g/mol. The quantitative estimate of drug-likeness (QED) is 0.426. The minimum Gasteiger partial charge on any atom is -0.305 e. The molecule has 6 nitrogen and oxygen atoms in total. The average molecular weight is 498 g/mol. The van der Waals surface area contributed by atoms with Gasteiger partial charge in [-0.05, 0) is 43.0 Å². The number of nitrogens with zero attached hydrogens (tertiary/aromatic N) is 4. The number of fused-ring (bicyclic) bond motifs is 1. The van der Waals surface area contributed by atoms with Crippen LogP contribution in [0.2, 0.25) is 0 Å². The Balaban J connectivity index is 1.44. The van der Waals surface area contributed by atoms with Gasteiger partial charge in [-0.1, -0.05) is 34.1 Å². The maximum atomic E-state index is 13.8. The number of amides is 1. The maximum absolute atomic E-state index is 13.8. The molecule has 0 radical (unpaired) electrons. The van der Waals surface area contributed by atoms with E-state index in [9.17, 15) is 13.6 Å². The number of nitrogens with one attached hydrogen (secondary N) is 1. The fourth-order valence-corrected chi connectivity index (χ4v) is 4.39. The number of benzene rings is 2. The first-order valence-corrected chi connectivity index (χ1v) is 10.9. The molecule has 1 aliphatic carbocycles. The molecule has 0 saturated carbocycles. The third kappa shape index (κ3) is 3.73. The van der Waals surface area contributed by atoms with Crippen LogP contribution in [0.3, 0.4) is 0 Å². The van der Waals surface area contributed by atoms with Crippen molar-refractivity contribution in [1.29, 1.82) is 0 Å². The highest BCUT2D eigenvalue weighted by atomic mass is 79.9. The van der Waals surface area contributed by atoms with Crippen molar-refractivity contribution in [2.24, 2.45) is 0 Å². The molecule has 32 heavy (non-hydrogen) atoms. The van der Waals surface area contributed by atoms with Crippen molar-refractivity contribution in [2.45, 2.75) is 25.8 Å². The van der Waals surface area contributed by atoms with E-state index in [1.807, 2.05) is 24.3 Å². The van der Waals surface area contributed by atoms with Gasteiger partial charge in [-0.25, -0.2) is 18.1 Å². The van der Waals surface area contributed by atoms with E-state index in [2.05, 4.69) is 31.4 Å². The molecule has 4 aromatic rings. The molecule has 1 N–H and O–H groups in total. The van der Waals surface area contributed by atoms with Gasteiger partial charge in [-0.3, -0.25) is 4.79 Å². The minimum absolute atomic E-state index is 0.288. The van der Waals surface area contributed by atoms with Gasteiger partial charge in [0.2, 0.25) is 0 Å². The zero-order valence-electron chi connectivity index (χ0n) is 16.9. The SMILES string of the molecule is O=C(Nc1ccnn1Cc1ccccc1Br)c1nn(-c2ccc(F)c(F)c2)c2c1CCC2. The molecule has 5 rings (SSSR count). The van der Waals surface area contributed by atoms with Gasteiger partial charge in [0, 0.05) is 27.9 Å². The minimum atomic E-state index is -0.952.